The molecule has 1 aromatic heterocycles. The zero-order valence-corrected chi connectivity index (χ0v) is 18.6. The van der Waals surface area contributed by atoms with Gasteiger partial charge < -0.3 is 14.6 Å². The third-order valence-corrected chi connectivity index (χ3v) is 7.14. The maximum atomic E-state index is 13.2. The largest absolute Gasteiger partial charge is 0.461 e. The van der Waals surface area contributed by atoms with Crippen molar-refractivity contribution in [2.45, 2.75) is 37.6 Å². The van der Waals surface area contributed by atoms with Crippen molar-refractivity contribution in [2.75, 3.05) is 18.5 Å². The van der Waals surface area contributed by atoms with Crippen molar-refractivity contribution >= 4 is 39.2 Å². The molecule has 0 bridgehead atoms. The van der Waals surface area contributed by atoms with Gasteiger partial charge in [-0.25, -0.2) is 13.2 Å². The third-order valence-electron chi connectivity index (χ3n) is 5.03. The van der Waals surface area contributed by atoms with E-state index in [0.29, 0.717) is 23.6 Å². The summed E-state index contributed by atoms with van der Waals surface area (Å²) in [6, 6.07) is 5.56. The van der Waals surface area contributed by atoms with Crippen LogP contribution in [0.1, 0.15) is 35.8 Å². The molecule has 1 aromatic carbocycles. The highest BCUT2D eigenvalue weighted by Crippen LogP contribution is 2.29. The van der Waals surface area contributed by atoms with Crippen molar-refractivity contribution in [1.82, 2.24) is 8.87 Å². The van der Waals surface area contributed by atoms with Crippen LogP contribution in [0.25, 0.3) is 0 Å². The fourth-order valence-corrected chi connectivity index (χ4v) is 5.35. The first-order chi connectivity index (χ1) is 14.1. The number of benzene rings is 1. The van der Waals surface area contributed by atoms with Gasteiger partial charge in [-0.3, -0.25) is 4.79 Å². The van der Waals surface area contributed by atoms with Gasteiger partial charge in [0.1, 0.15) is 16.6 Å². The fraction of sp³-hybridized carbons (Fsp3) is 0.400. The molecule has 3 rings (SSSR count). The van der Waals surface area contributed by atoms with E-state index in [1.54, 1.807) is 32.2 Å². The lowest BCUT2D eigenvalue weighted by Crippen LogP contribution is -2.43. The van der Waals surface area contributed by atoms with E-state index in [1.807, 2.05) is 6.92 Å². The maximum absolute atomic E-state index is 13.2. The van der Waals surface area contributed by atoms with Gasteiger partial charge in [-0.1, -0.05) is 17.7 Å². The predicted octanol–water partition coefficient (Wildman–Crippen LogP) is 2.96. The number of aromatic nitrogens is 1. The molecule has 162 valence electrons. The van der Waals surface area contributed by atoms with E-state index >= 15 is 0 Å². The Labute approximate surface area is 180 Å². The summed E-state index contributed by atoms with van der Waals surface area (Å²) >= 11 is 6.01. The van der Waals surface area contributed by atoms with Crippen LogP contribution >= 0.6 is 11.6 Å². The monoisotopic (exact) mass is 453 g/mol. The molecule has 0 unspecified atom stereocenters. The van der Waals surface area contributed by atoms with Crippen LogP contribution in [0.2, 0.25) is 5.02 Å². The lowest BCUT2D eigenvalue weighted by atomic mass is 10.1. The molecule has 2 heterocycles. The molecular weight excluding hydrogens is 430 g/mol. The molecule has 1 amide bonds. The van der Waals surface area contributed by atoms with Gasteiger partial charge in [0.05, 0.1) is 6.61 Å². The van der Waals surface area contributed by atoms with Crippen molar-refractivity contribution in [3.05, 3.63) is 46.7 Å². The Morgan fingerprint density at radius 1 is 1.30 bits per heavy atom. The van der Waals surface area contributed by atoms with E-state index in [2.05, 4.69) is 5.32 Å². The molecule has 2 aromatic rings. The van der Waals surface area contributed by atoms with Crippen molar-refractivity contribution in [3.63, 3.8) is 0 Å². The molecule has 1 aliphatic rings. The number of sulfonamides is 1. The number of halogens is 1. The van der Waals surface area contributed by atoms with Gasteiger partial charge in [0.15, 0.2) is 0 Å². The highest BCUT2D eigenvalue weighted by Gasteiger charge is 2.40. The summed E-state index contributed by atoms with van der Waals surface area (Å²) in [5.41, 5.74) is 1.49. The van der Waals surface area contributed by atoms with E-state index in [4.69, 9.17) is 16.3 Å². The van der Waals surface area contributed by atoms with Crippen LogP contribution in [-0.2, 0) is 26.6 Å². The van der Waals surface area contributed by atoms with Gasteiger partial charge in [0.25, 0.3) is 0 Å². The van der Waals surface area contributed by atoms with Gasteiger partial charge in [-0.05, 0) is 50.5 Å². The number of nitrogens with zero attached hydrogens (tertiary/aromatic N) is 2. The third kappa shape index (κ3) is 4.38. The van der Waals surface area contributed by atoms with Gasteiger partial charge >= 0.3 is 5.97 Å². The van der Waals surface area contributed by atoms with Crippen LogP contribution in [0.3, 0.4) is 0 Å². The quantitative estimate of drug-likeness (QED) is 0.678. The van der Waals surface area contributed by atoms with Crippen LogP contribution < -0.4 is 5.32 Å². The molecule has 1 N–H and O–H groups in total. The summed E-state index contributed by atoms with van der Waals surface area (Å²) < 4.78 is 34.0. The Kier molecular flexibility index (Phi) is 6.54. The summed E-state index contributed by atoms with van der Waals surface area (Å²) in [4.78, 5) is 24.9. The number of hydrogen-bond donors (Lipinski definition) is 1. The van der Waals surface area contributed by atoms with Crippen LogP contribution in [-0.4, -0.2) is 48.4 Å². The second kappa shape index (κ2) is 8.79. The number of carbonyl (C=O) groups excluding carboxylic acids is 2. The smallest absolute Gasteiger partial charge is 0.354 e. The van der Waals surface area contributed by atoms with Crippen LogP contribution in [0.5, 0.6) is 0 Å². The molecule has 1 aliphatic heterocycles. The van der Waals surface area contributed by atoms with Crippen LogP contribution in [0.4, 0.5) is 5.69 Å². The zero-order valence-electron chi connectivity index (χ0n) is 17.0. The lowest BCUT2D eigenvalue weighted by molar-refractivity contribution is -0.119. The SMILES string of the molecule is CCOC(=O)c1cc(S(=O)(=O)N2CCC[C@H]2C(=O)Nc2cc(Cl)ccc2C)cn1C. The Balaban J connectivity index is 1.85. The molecule has 0 saturated carbocycles. The number of rotatable bonds is 6. The second-order valence-corrected chi connectivity index (χ2v) is 9.44. The Morgan fingerprint density at radius 2 is 2.03 bits per heavy atom. The molecule has 30 heavy (non-hydrogen) atoms. The number of esters is 1. The molecule has 0 radical (unpaired) electrons. The first-order valence-corrected chi connectivity index (χ1v) is 11.4. The number of carbonyl (C=O) groups is 2. The maximum Gasteiger partial charge on any atom is 0.354 e. The van der Waals surface area contributed by atoms with E-state index in [1.165, 1.54) is 21.1 Å². The van der Waals surface area contributed by atoms with E-state index < -0.39 is 27.9 Å². The Morgan fingerprint density at radius 3 is 2.73 bits per heavy atom. The molecule has 1 fully saturated rings. The van der Waals surface area contributed by atoms with Gasteiger partial charge in [-0.15, -0.1) is 0 Å². The molecule has 0 aliphatic carbocycles. The average Bonchev–Trinajstić information content (AvgIpc) is 3.32. The van der Waals surface area contributed by atoms with E-state index in [-0.39, 0.29) is 23.7 Å². The number of nitrogens with one attached hydrogen (secondary N) is 1. The molecule has 1 saturated heterocycles. The van der Waals surface area contributed by atoms with Crippen molar-refractivity contribution in [1.29, 1.82) is 0 Å². The van der Waals surface area contributed by atoms with Gasteiger partial charge in [0, 0.05) is 30.5 Å². The molecule has 8 nitrogen and oxygen atoms in total. The number of amides is 1. The molecule has 1 atom stereocenters. The lowest BCUT2D eigenvalue weighted by Gasteiger charge is -2.23. The minimum absolute atomic E-state index is 0.0494. The summed E-state index contributed by atoms with van der Waals surface area (Å²) in [6.07, 6.45) is 2.32. The van der Waals surface area contributed by atoms with Gasteiger partial charge in [-0.2, -0.15) is 4.31 Å². The predicted molar refractivity (Wildman–Crippen MR) is 113 cm³/mol. The summed E-state index contributed by atoms with van der Waals surface area (Å²) in [7, 11) is -2.40. The second-order valence-electron chi connectivity index (χ2n) is 7.11. The van der Waals surface area contributed by atoms with Gasteiger partial charge in [0.2, 0.25) is 15.9 Å². The Bertz CT molecular complexity index is 1080. The minimum atomic E-state index is -3.98. The van der Waals surface area contributed by atoms with Crippen molar-refractivity contribution in [3.8, 4) is 0 Å². The fourth-order valence-electron chi connectivity index (χ4n) is 3.45. The van der Waals surface area contributed by atoms with Crippen molar-refractivity contribution in [2.24, 2.45) is 7.05 Å². The normalized spacial score (nSPS) is 17.1. The van der Waals surface area contributed by atoms with Crippen LogP contribution in [0.15, 0.2) is 35.4 Å². The topological polar surface area (TPSA) is 97.7 Å². The molecule has 0 spiro atoms. The standard InChI is InChI=1S/C20H24ClN3O5S/c1-4-29-20(26)18-11-15(12-23(18)3)30(27,28)24-9-5-6-17(24)19(25)22-16-10-14(21)8-7-13(16)2/h7-8,10-12,17H,4-6,9H2,1-3H3,(H,22,25)/t17-/m0/s1. The summed E-state index contributed by atoms with van der Waals surface area (Å²) in [5, 5.41) is 3.26. The summed E-state index contributed by atoms with van der Waals surface area (Å²) in [6.45, 7) is 3.91. The first kappa shape index (κ1) is 22.3. The summed E-state index contributed by atoms with van der Waals surface area (Å²) in [5.74, 6) is -1.02. The van der Waals surface area contributed by atoms with Crippen LogP contribution in [0, 0.1) is 6.92 Å². The minimum Gasteiger partial charge on any atom is -0.461 e. The van der Waals surface area contributed by atoms with E-state index in [0.717, 1.165) is 5.56 Å². The molecule has 10 heteroatoms. The zero-order chi connectivity index (χ0) is 22.1. The highest BCUT2D eigenvalue weighted by atomic mass is 35.5. The van der Waals surface area contributed by atoms with E-state index in [9.17, 15) is 18.0 Å². The highest BCUT2D eigenvalue weighted by molar-refractivity contribution is 7.89. The first-order valence-electron chi connectivity index (χ1n) is 9.57. The van der Waals surface area contributed by atoms with Crippen molar-refractivity contribution < 1.29 is 22.7 Å². The number of anilines is 1. The Hall–Kier alpha value is -2.36. The average molecular weight is 454 g/mol. The number of ether oxygens (including phenoxy) is 1. The number of aryl methyl sites for hydroxylation is 2. The molecular formula is C20H24ClN3O5S. The number of hydrogen-bond acceptors (Lipinski definition) is 5.